The number of anilines is 1. The number of aryl methyl sites for hydroxylation is 1. The lowest BCUT2D eigenvalue weighted by molar-refractivity contribution is -0.134. The van der Waals surface area contributed by atoms with Crippen LogP contribution >= 0.6 is 0 Å². The summed E-state index contributed by atoms with van der Waals surface area (Å²) in [5.74, 6) is -3.32. The summed E-state index contributed by atoms with van der Waals surface area (Å²) in [7, 11) is 0. The number of urea groups is 1. The van der Waals surface area contributed by atoms with Crippen LogP contribution in [0.1, 0.15) is 17.5 Å². The van der Waals surface area contributed by atoms with Crippen molar-refractivity contribution in [2.75, 3.05) is 11.9 Å². The van der Waals surface area contributed by atoms with Crippen molar-refractivity contribution in [1.29, 1.82) is 0 Å². The van der Waals surface area contributed by atoms with Crippen molar-refractivity contribution in [3.8, 4) is 0 Å². The minimum absolute atomic E-state index is 0.0341. The first-order valence-electron chi connectivity index (χ1n) is 8.38. The van der Waals surface area contributed by atoms with Gasteiger partial charge in [0.05, 0.1) is 0 Å². The van der Waals surface area contributed by atoms with Crippen LogP contribution in [0.5, 0.6) is 0 Å². The molecule has 2 aromatic carbocycles. The zero-order valence-electron chi connectivity index (χ0n) is 14.1. The quantitative estimate of drug-likeness (QED) is 0.813. The van der Waals surface area contributed by atoms with E-state index in [0.29, 0.717) is 12.8 Å². The van der Waals surface area contributed by atoms with E-state index in [2.05, 4.69) is 10.6 Å². The average molecular weight is 371 g/mol. The van der Waals surface area contributed by atoms with E-state index in [1.807, 2.05) is 12.1 Å². The van der Waals surface area contributed by atoms with E-state index in [9.17, 15) is 23.2 Å². The highest BCUT2D eigenvalue weighted by molar-refractivity contribution is 6.10. The third-order valence-electron chi connectivity index (χ3n) is 4.93. The largest absolute Gasteiger partial charge is 0.325 e. The Hall–Kier alpha value is -3.29. The number of imide groups is 1. The lowest BCUT2D eigenvalue weighted by Gasteiger charge is -2.22. The highest BCUT2D eigenvalue weighted by Gasteiger charge is 2.55. The first-order valence-corrected chi connectivity index (χ1v) is 8.38. The predicted octanol–water partition coefficient (Wildman–Crippen LogP) is 2.30. The van der Waals surface area contributed by atoms with Gasteiger partial charge in [0.25, 0.3) is 5.91 Å². The molecule has 0 aromatic heterocycles. The first-order chi connectivity index (χ1) is 12.9. The van der Waals surface area contributed by atoms with Crippen molar-refractivity contribution in [3.63, 3.8) is 0 Å². The number of nitrogens with one attached hydrogen (secondary N) is 2. The molecule has 0 radical (unpaired) electrons. The molecule has 1 heterocycles. The normalized spacial score (nSPS) is 20.7. The molecule has 1 saturated heterocycles. The fourth-order valence-electron chi connectivity index (χ4n) is 3.65. The number of amides is 4. The van der Waals surface area contributed by atoms with Crippen molar-refractivity contribution in [2.45, 2.75) is 18.4 Å². The summed E-state index contributed by atoms with van der Waals surface area (Å²) in [6.07, 6.45) is 1.08. The van der Waals surface area contributed by atoms with E-state index in [0.717, 1.165) is 28.2 Å². The second-order valence-electron chi connectivity index (χ2n) is 6.56. The number of carbonyl (C=O) groups excluding carboxylic acids is 3. The fraction of sp³-hybridized carbons (Fsp3) is 0.211. The molecule has 4 amide bonds. The molecule has 1 aliphatic heterocycles. The molecule has 2 N–H and O–H groups in total. The van der Waals surface area contributed by atoms with Crippen molar-refractivity contribution < 1.29 is 23.2 Å². The predicted molar refractivity (Wildman–Crippen MR) is 91.7 cm³/mol. The Bertz CT molecular complexity index is 978. The number of benzene rings is 2. The Balaban J connectivity index is 1.52. The molecule has 2 aromatic rings. The molecule has 8 heteroatoms. The van der Waals surface area contributed by atoms with E-state index < -0.39 is 41.6 Å². The maximum absolute atomic E-state index is 13.2. The van der Waals surface area contributed by atoms with Gasteiger partial charge in [-0.15, -0.1) is 0 Å². The number of fused-ring (bicyclic) bond motifs is 2. The molecule has 0 bridgehead atoms. The smallest absolute Gasteiger partial charge is 0.324 e. The Morgan fingerprint density at radius 2 is 1.93 bits per heavy atom. The van der Waals surface area contributed by atoms with Crippen molar-refractivity contribution in [2.24, 2.45) is 0 Å². The van der Waals surface area contributed by atoms with Crippen LogP contribution in [0.15, 0.2) is 42.5 Å². The van der Waals surface area contributed by atoms with Gasteiger partial charge in [0.1, 0.15) is 12.1 Å². The van der Waals surface area contributed by atoms with Crippen molar-refractivity contribution in [1.82, 2.24) is 10.2 Å². The first kappa shape index (κ1) is 17.1. The molecular weight excluding hydrogens is 356 g/mol. The minimum atomic E-state index is -1.14. The SMILES string of the molecule is O=C(CN1C(=O)N[C@@]2(CCc3ccccc32)C1=O)Nc1ccc(F)c(F)c1. The van der Waals surface area contributed by atoms with Gasteiger partial charge in [-0.05, 0) is 36.1 Å². The lowest BCUT2D eigenvalue weighted by Crippen LogP contribution is -2.43. The molecule has 1 aliphatic carbocycles. The van der Waals surface area contributed by atoms with Gasteiger partial charge in [0.2, 0.25) is 5.91 Å². The molecule has 2 aliphatic rings. The van der Waals surface area contributed by atoms with Crippen LogP contribution in [-0.2, 0) is 21.5 Å². The zero-order chi connectivity index (χ0) is 19.2. The van der Waals surface area contributed by atoms with Crippen molar-refractivity contribution >= 4 is 23.5 Å². The third kappa shape index (κ3) is 2.73. The number of nitrogens with zero attached hydrogens (tertiary/aromatic N) is 1. The second-order valence-corrected chi connectivity index (χ2v) is 6.56. The highest BCUT2D eigenvalue weighted by Crippen LogP contribution is 2.41. The molecular formula is C19H15F2N3O3. The highest BCUT2D eigenvalue weighted by atomic mass is 19.2. The molecule has 1 atom stereocenters. The maximum Gasteiger partial charge on any atom is 0.325 e. The van der Waals surface area contributed by atoms with E-state index in [1.54, 1.807) is 12.1 Å². The van der Waals surface area contributed by atoms with Gasteiger partial charge in [0.15, 0.2) is 11.6 Å². The number of halogens is 2. The van der Waals surface area contributed by atoms with Crippen LogP contribution < -0.4 is 10.6 Å². The Morgan fingerprint density at radius 3 is 2.70 bits per heavy atom. The molecule has 1 spiro atoms. The summed E-state index contributed by atoms with van der Waals surface area (Å²) in [5, 5.41) is 5.08. The number of hydrogen-bond donors (Lipinski definition) is 2. The van der Waals surface area contributed by atoms with Crippen LogP contribution in [-0.4, -0.2) is 29.3 Å². The summed E-state index contributed by atoms with van der Waals surface area (Å²) < 4.78 is 26.2. The summed E-state index contributed by atoms with van der Waals surface area (Å²) in [5.41, 5.74) is 0.619. The van der Waals surface area contributed by atoms with Crippen LogP contribution in [0.2, 0.25) is 0 Å². The van der Waals surface area contributed by atoms with Gasteiger partial charge < -0.3 is 10.6 Å². The van der Waals surface area contributed by atoms with Crippen molar-refractivity contribution in [3.05, 3.63) is 65.2 Å². The van der Waals surface area contributed by atoms with Crippen LogP contribution in [0.3, 0.4) is 0 Å². The molecule has 0 unspecified atom stereocenters. The number of rotatable bonds is 3. The molecule has 4 rings (SSSR count). The van der Waals surface area contributed by atoms with E-state index in [4.69, 9.17) is 0 Å². The summed E-state index contributed by atoms with van der Waals surface area (Å²) in [6.45, 7) is -0.520. The van der Waals surface area contributed by atoms with Crippen LogP contribution in [0.25, 0.3) is 0 Å². The molecule has 27 heavy (non-hydrogen) atoms. The summed E-state index contributed by atoms with van der Waals surface area (Å²) >= 11 is 0. The minimum Gasteiger partial charge on any atom is -0.324 e. The molecule has 138 valence electrons. The standard InChI is InChI=1S/C19H15F2N3O3/c20-14-6-5-12(9-15(14)21)22-16(25)10-24-17(26)19(23-18(24)27)8-7-11-3-1-2-4-13(11)19/h1-6,9H,7-8,10H2,(H,22,25)(H,23,27)/t19-/m1/s1. The number of hydrogen-bond acceptors (Lipinski definition) is 3. The Labute approximate surface area is 153 Å². The van der Waals surface area contributed by atoms with E-state index in [1.165, 1.54) is 6.07 Å². The van der Waals surface area contributed by atoms with E-state index >= 15 is 0 Å². The topological polar surface area (TPSA) is 78.5 Å². The second kappa shape index (κ2) is 6.15. The molecule has 0 saturated carbocycles. The summed E-state index contributed by atoms with van der Waals surface area (Å²) in [6, 6.07) is 9.61. The van der Waals surface area contributed by atoms with Gasteiger partial charge in [-0.25, -0.2) is 13.6 Å². The Morgan fingerprint density at radius 1 is 1.15 bits per heavy atom. The Kier molecular flexibility index (Phi) is 3.91. The monoisotopic (exact) mass is 371 g/mol. The lowest BCUT2D eigenvalue weighted by atomic mass is 9.92. The fourth-order valence-corrected chi connectivity index (χ4v) is 3.65. The van der Waals surface area contributed by atoms with Gasteiger partial charge >= 0.3 is 6.03 Å². The average Bonchev–Trinajstić information content (AvgIpc) is 3.12. The van der Waals surface area contributed by atoms with Gasteiger partial charge in [-0.1, -0.05) is 24.3 Å². The van der Waals surface area contributed by atoms with Gasteiger partial charge in [-0.3, -0.25) is 14.5 Å². The number of carbonyl (C=O) groups is 3. The molecule has 1 fully saturated rings. The van der Waals surface area contributed by atoms with E-state index in [-0.39, 0.29) is 5.69 Å². The summed E-state index contributed by atoms with van der Waals surface area (Å²) in [4.78, 5) is 38.3. The van der Waals surface area contributed by atoms with Gasteiger partial charge in [-0.2, -0.15) is 0 Å². The van der Waals surface area contributed by atoms with Crippen LogP contribution in [0, 0.1) is 11.6 Å². The maximum atomic E-state index is 13.2. The molecule has 6 nitrogen and oxygen atoms in total. The third-order valence-corrected chi connectivity index (χ3v) is 4.93. The zero-order valence-corrected chi connectivity index (χ0v) is 14.1. The van der Waals surface area contributed by atoms with Gasteiger partial charge in [0, 0.05) is 11.8 Å². The van der Waals surface area contributed by atoms with Crippen LogP contribution in [0.4, 0.5) is 19.3 Å².